The van der Waals surface area contributed by atoms with E-state index in [0.717, 1.165) is 13.0 Å². The zero-order valence-corrected chi connectivity index (χ0v) is 18.4. The van der Waals surface area contributed by atoms with Crippen molar-refractivity contribution in [2.24, 2.45) is 5.92 Å². The highest BCUT2D eigenvalue weighted by Crippen LogP contribution is 2.41. The van der Waals surface area contributed by atoms with Crippen molar-refractivity contribution in [1.82, 2.24) is 0 Å². The Morgan fingerprint density at radius 3 is 1.83 bits per heavy atom. The van der Waals surface area contributed by atoms with Crippen LogP contribution in [0.4, 0.5) is 0 Å². The fourth-order valence-corrected chi connectivity index (χ4v) is 3.64. The maximum atomic E-state index is 6.36. The van der Waals surface area contributed by atoms with Gasteiger partial charge in [-0.3, -0.25) is 0 Å². The molecule has 23 heavy (non-hydrogen) atoms. The van der Waals surface area contributed by atoms with Crippen molar-refractivity contribution in [3.05, 3.63) is 0 Å². The zero-order valence-electron chi connectivity index (χ0n) is 17.4. The highest BCUT2D eigenvalue weighted by molar-refractivity contribution is 6.74. The van der Waals surface area contributed by atoms with E-state index in [1.165, 1.54) is 0 Å². The molecule has 0 spiro atoms. The molecular weight excluding hydrogens is 303 g/mol. The summed E-state index contributed by atoms with van der Waals surface area (Å²) in [5.74, 6) is 0.882. The van der Waals surface area contributed by atoms with E-state index >= 15 is 0 Å². The topological polar surface area (TPSA) is 27.7 Å². The summed E-state index contributed by atoms with van der Waals surface area (Å²) in [6.45, 7) is 25.3. The zero-order chi connectivity index (χ0) is 18.3. The molecule has 3 nitrogen and oxygen atoms in total. The lowest BCUT2D eigenvalue weighted by Crippen LogP contribution is -2.42. The molecule has 0 N–H and O–H groups in total. The van der Waals surface area contributed by atoms with Crippen LogP contribution in [0.1, 0.15) is 68.7 Å². The van der Waals surface area contributed by atoms with Crippen LogP contribution in [-0.2, 0) is 13.7 Å². The SMILES string of the molecule is C[C@@H](CO[Si](C)(C)C(C)(C)C)C[C@H](C)B1OC(C)(C)C(C)(C)O1. The van der Waals surface area contributed by atoms with Crippen LogP contribution in [0.25, 0.3) is 0 Å². The lowest BCUT2D eigenvalue weighted by atomic mass is 9.69. The molecule has 0 saturated carbocycles. The van der Waals surface area contributed by atoms with Gasteiger partial charge in [0.25, 0.3) is 0 Å². The molecule has 1 rings (SSSR count). The Labute approximate surface area is 146 Å². The van der Waals surface area contributed by atoms with E-state index in [9.17, 15) is 0 Å². The van der Waals surface area contributed by atoms with E-state index in [1.54, 1.807) is 0 Å². The van der Waals surface area contributed by atoms with Crippen molar-refractivity contribution in [2.45, 2.75) is 104 Å². The molecule has 1 saturated heterocycles. The van der Waals surface area contributed by atoms with Gasteiger partial charge in [0.05, 0.1) is 11.2 Å². The first kappa shape index (κ1) is 21.2. The predicted octanol–water partition coefficient (Wildman–Crippen LogP) is 5.52. The van der Waals surface area contributed by atoms with Gasteiger partial charge in [-0.15, -0.1) is 0 Å². The average molecular weight is 342 g/mol. The first-order chi connectivity index (χ1) is 10.1. The Balaban J connectivity index is 2.51. The molecule has 0 amide bonds. The summed E-state index contributed by atoms with van der Waals surface area (Å²) < 4.78 is 18.7. The third kappa shape index (κ3) is 5.07. The van der Waals surface area contributed by atoms with Crippen molar-refractivity contribution < 1.29 is 13.7 Å². The van der Waals surface area contributed by atoms with Crippen LogP contribution in [0.5, 0.6) is 0 Å². The van der Waals surface area contributed by atoms with Gasteiger partial charge in [-0.1, -0.05) is 34.6 Å². The lowest BCUT2D eigenvalue weighted by Gasteiger charge is -2.37. The third-order valence-electron chi connectivity index (χ3n) is 6.05. The summed E-state index contributed by atoms with van der Waals surface area (Å²) in [5.41, 5.74) is -0.486. The Morgan fingerprint density at radius 2 is 1.43 bits per heavy atom. The summed E-state index contributed by atoms with van der Waals surface area (Å²) in [6, 6.07) is 0. The molecule has 1 fully saturated rings. The Morgan fingerprint density at radius 1 is 1.00 bits per heavy atom. The minimum atomic E-state index is -1.66. The molecule has 5 heteroatoms. The molecule has 1 heterocycles. The van der Waals surface area contributed by atoms with Crippen LogP contribution in [0.15, 0.2) is 0 Å². The van der Waals surface area contributed by atoms with Gasteiger partial charge in [0.2, 0.25) is 0 Å². The molecule has 1 aliphatic heterocycles. The number of hydrogen-bond donors (Lipinski definition) is 0. The molecule has 136 valence electrons. The van der Waals surface area contributed by atoms with E-state index < -0.39 is 8.32 Å². The first-order valence-electron chi connectivity index (χ1n) is 9.09. The Hall–Kier alpha value is 0.162. The van der Waals surface area contributed by atoms with E-state index in [0.29, 0.717) is 11.7 Å². The molecule has 0 aromatic heterocycles. The van der Waals surface area contributed by atoms with Gasteiger partial charge in [0.15, 0.2) is 8.32 Å². The van der Waals surface area contributed by atoms with Gasteiger partial charge in [0.1, 0.15) is 0 Å². The Kier molecular flexibility index (Phi) is 6.28. The van der Waals surface area contributed by atoms with Crippen molar-refractivity contribution in [3.8, 4) is 0 Å². The van der Waals surface area contributed by atoms with Crippen LogP contribution in [-0.4, -0.2) is 33.2 Å². The molecule has 1 aliphatic rings. The lowest BCUT2D eigenvalue weighted by molar-refractivity contribution is 0.00578. The van der Waals surface area contributed by atoms with Gasteiger partial charge < -0.3 is 13.7 Å². The predicted molar refractivity (Wildman–Crippen MR) is 102 cm³/mol. The molecule has 0 unspecified atom stereocenters. The molecule has 0 aliphatic carbocycles. The van der Waals surface area contributed by atoms with Crippen molar-refractivity contribution >= 4 is 15.4 Å². The highest BCUT2D eigenvalue weighted by atomic mass is 28.4. The third-order valence-corrected chi connectivity index (χ3v) is 10.5. The van der Waals surface area contributed by atoms with Crippen molar-refractivity contribution in [1.29, 1.82) is 0 Å². The van der Waals surface area contributed by atoms with Crippen LogP contribution in [0, 0.1) is 5.92 Å². The largest absolute Gasteiger partial charge is 0.460 e. The summed E-state index contributed by atoms with van der Waals surface area (Å²) in [4.78, 5) is 0. The monoisotopic (exact) mass is 342 g/mol. The van der Waals surface area contributed by atoms with E-state index in [1.807, 2.05) is 0 Å². The van der Waals surface area contributed by atoms with Crippen molar-refractivity contribution in [2.75, 3.05) is 6.61 Å². The average Bonchev–Trinajstić information content (AvgIpc) is 2.55. The molecule has 0 bridgehead atoms. The van der Waals surface area contributed by atoms with Gasteiger partial charge in [-0.2, -0.15) is 0 Å². The Bertz CT molecular complexity index is 386. The maximum absolute atomic E-state index is 6.36. The molecule has 0 radical (unpaired) electrons. The van der Waals surface area contributed by atoms with Crippen LogP contribution in [0.3, 0.4) is 0 Å². The normalized spacial score (nSPS) is 23.9. The first-order valence-corrected chi connectivity index (χ1v) is 12.0. The second-order valence-electron chi connectivity index (χ2n) is 10.0. The molecular formula is C18H39BO3Si. The quantitative estimate of drug-likeness (QED) is 0.595. The summed E-state index contributed by atoms with van der Waals surface area (Å²) in [7, 11) is -1.77. The minimum Gasteiger partial charge on any atom is -0.417 e. The van der Waals surface area contributed by atoms with Gasteiger partial charge in [-0.05, 0) is 64.0 Å². The van der Waals surface area contributed by atoms with Gasteiger partial charge in [0, 0.05) is 6.61 Å². The summed E-state index contributed by atoms with van der Waals surface area (Å²) in [5, 5.41) is 0.268. The molecule has 0 aromatic carbocycles. The maximum Gasteiger partial charge on any atom is 0.460 e. The smallest absolute Gasteiger partial charge is 0.417 e. The minimum absolute atomic E-state index is 0.115. The molecule has 0 aromatic rings. The second kappa shape index (κ2) is 6.81. The number of hydrogen-bond acceptors (Lipinski definition) is 3. The van der Waals surface area contributed by atoms with Crippen molar-refractivity contribution in [3.63, 3.8) is 0 Å². The standard InChI is InChI=1S/C18H39BO3Si/c1-14(13-20-23(10,11)16(3,4)5)12-15(2)19-21-17(6,7)18(8,9)22-19/h14-15H,12-13H2,1-11H3/t14-,15+/m1/s1. The summed E-state index contributed by atoms with van der Waals surface area (Å²) >= 11 is 0. The van der Waals surface area contributed by atoms with Crippen LogP contribution >= 0.6 is 0 Å². The van der Waals surface area contributed by atoms with E-state index in [2.05, 4.69) is 75.4 Å². The fourth-order valence-electron chi connectivity index (χ4n) is 2.50. The summed E-state index contributed by atoms with van der Waals surface area (Å²) in [6.07, 6.45) is 1.06. The fraction of sp³-hybridized carbons (Fsp3) is 1.00. The van der Waals surface area contributed by atoms with E-state index in [-0.39, 0.29) is 23.4 Å². The van der Waals surface area contributed by atoms with E-state index in [4.69, 9.17) is 13.7 Å². The van der Waals surface area contributed by atoms with Crippen LogP contribution in [0.2, 0.25) is 23.9 Å². The molecule has 2 atom stereocenters. The highest BCUT2D eigenvalue weighted by Gasteiger charge is 2.52. The van der Waals surface area contributed by atoms with Gasteiger partial charge in [-0.25, -0.2) is 0 Å². The number of rotatable bonds is 6. The van der Waals surface area contributed by atoms with Crippen LogP contribution < -0.4 is 0 Å². The second-order valence-corrected chi connectivity index (χ2v) is 14.8. The van der Waals surface area contributed by atoms with Gasteiger partial charge >= 0.3 is 7.12 Å².